The monoisotopic (exact) mass is 325 g/mol. The maximum atomic E-state index is 13.8. The van der Waals surface area contributed by atoms with E-state index in [4.69, 9.17) is 4.74 Å². The highest BCUT2D eigenvalue weighted by Crippen LogP contribution is 2.22. The molecule has 2 aromatic rings. The van der Waals surface area contributed by atoms with Crippen LogP contribution < -0.4 is 4.74 Å². The van der Waals surface area contributed by atoms with E-state index in [1.54, 1.807) is 24.3 Å². The minimum atomic E-state index is -0.857. The third-order valence-electron chi connectivity index (χ3n) is 2.46. The SMILES string of the molecule is O=[N+]([O-])c1cccc(COc2ccc(Br)cc2)c1F. The van der Waals surface area contributed by atoms with Gasteiger partial charge in [-0.1, -0.05) is 28.1 Å². The molecule has 0 aromatic heterocycles. The smallest absolute Gasteiger partial charge is 0.305 e. The van der Waals surface area contributed by atoms with E-state index < -0.39 is 16.4 Å². The molecule has 0 radical (unpaired) electrons. The Morgan fingerprint density at radius 3 is 2.53 bits per heavy atom. The van der Waals surface area contributed by atoms with Gasteiger partial charge >= 0.3 is 5.69 Å². The zero-order valence-electron chi connectivity index (χ0n) is 9.68. The molecule has 0 bridgehead atoms. The van der Waals surface area contributed by atoms with E-state index in [-0.39, 0.29) is 12.2 Å². The summed E-state index contributed by atoms with van der Waals surface area (Å²) in [4.78, 5) is 9.85. The molecule has 98 valence electrons. The van der Waals surface area contributed by atoms with E-state index in [0.29, 0.717) is 5.75 Å². The quantitative estimate of drug-likeness (QED) is 0.628. The lowest BCUT2D eigenvalue weighted by Crippen LogP contribution is -2.01. The topological polar surface area (TPSA) is 52.4 Å². The molecule has 0 fully saturated rings. The van der Waals surface area contributed by atoms with E-state index in [9.17, 15) is 14.5 Å². The Balaban J connectivity index is 2.13. The summed E-state index contributed by atoms with van der Waals surface area (Å²) in [5, 5.41) is 10.6. The Morgan fingerprint density at radius 2 is 1.89 bits per heavy atom. The first-order valence-corrected chi connectivity index (χ1v) is 6.17. The first-order valence-electron chi connectivity index (χ1n) is 5.38. The summed E-state index contributed by atoms with van der Waals surface area (Å²) in [5.74, 6) is -0.293. The molecule has 0 amide bonds. The summed E-state index contributed by atoms with van der Waals surface area (Å²) in [5.41, 5.74) is -0.394. The molecule has 19 heavy (non-hydrogen) atoms. The molecular weight excluding hydrogens is 317 g/mol. The standard InChI is InChI=1S/C13H9BrFNO3/c14-10-4-6-11(7-5-10)19-8-9-2-1-3-12(13(9)15)16(17)18/h1-7H,8H2. The minimum Gasteiger partial charge on any atom is -0.489 e. The van der Waals surface area contributed by atoms with Crippen molar-refractivity contribution < 1.29 is 14.1 Å². The van der Waals surface area contributed by atoms with Crippen molar-refractivity contribution in [2.45, 2.75) is 6.61 Å². The van der Waals surface area contributed by atoms with Crippen molar-refractivity contribution in [2.24, 2.45) is 0 Å². The highest BCUT2D eigenvalue weighted by molar-refractivity contribution is 9.10. The molecule has 0 aliphatic carbocycles. The molecule has 0 heterocycles. The highest BCUT2D eigenvalue weighted by Gasteiger charge is 2.17. The number of hydrogen-bond acceptors (Lipinski definition) is 3. The molecule has 0 saturated carbocycles. The van der Waals surface area contributed by atoms with Crippen LogP contribution in [-0.2, 0) is 6.61 Å². The van der Waals surface area contributed by atoms with Crippen molar-refractivity contribution in [3.8, 4) is 5.75 Å². The summed E-state index contributed by atoms with van der Waals surface area (Å²) in [6, 6.07) is 11.0. The van der Waals surface area contributed by atoms with Gasteiger partial charge in [0, 0.05) is 16.1 Å². The molecule has 2 aromatic carbocycles. The Bertz CT molecular complexity index is 601. The van der Waals surface area contributed by atoms with Crippen LogP contribution in [0.5, 0.6) is 5.75 Å². The summed E-state index contributed by atoms with van der Waals surface area (Å²) in [6.07, 6.45) is 0. The van der Waals surface area contributed by atoms with Crippen LogP contribution >= 0.6 is 15.9 Å². The summed E-state index contributed by atoms with van der Waals surface area (Å²) in [7, 11) is 0. The minimum absolute atomic E-state index is 0.0604. The van der Waals surface area contributed by atoms with E-state index in [0.717, 1.165) is 10.5 Å². The molecule has 0 aliphatic rings. The van der Waals surface area contributed by atoms with Crippen molar-refractivity contribution in [3.63, 3.8) is 0 Å². The van der Waals surface area contributed by atoms with Gasteiger partial charge in [-0.15, -0.1) is 0 Å². The van der Waals surface area contributed by atoms with Crippen LogP contribution in [-0.4, -0.2) is 4.92 Å². The van der Waals surface area contributed by atoms with Crippen LogP contribution in [0.3, 0.4) is 0 Å². The third kappa shape index (κ3) is 3.29. The highest BCUT2D eigenvalue weighted by atomic mass is 79.9. The lowest BCUT2D eigenvalue weighted by atomic mass is 10.2. The molecule has 0 atom stereocenters. The molecule has 2 rings (SSSR count). The molecule has 0 unspecified atom stereocenters. The van der Waals surface area contributed by atoms with Gasteiger partial charge in [0.2, 0.25) is 5.82 Å². The maximum Gasteiger partial charge on any atom is 0.305 e. The Hall–Kier alpha value is -1.95. The van der Waals surface area contributed by atoms with E-state index in [1.165, 1.54) is 12.1 Å². The van der Waals surface area contributed by atoms with Crippen LogP contribution in [0.15, 0.2) is 46.9 Å². The lowest BCUT2D eigenvalue weighted by Gasteiger charge is -2.07. The fourth-order valence-corrected chi connectivity index (χ4v) is 1.77. The van der Waals surface area contributed by atoms with Gasteiger partial charge in [-0.05, 0) is 24.3 Å². The van der Waals surface area contributed by atoms with Gasteiger partial charge in [0.05, 0.1) is 4.92 Å². The number of hydrogen-bond donors (Lipinski definition) is 0. The number of nitrogens with zero attached hydrogens (tertiary/aromatic N) is 1. The number of rotatable bonds is 4. The average molecular weight is 326 g/mol. The molecule has 4 nitrogen and oxygen atoms in total. The predicted octanol–water partition coefficient (Wildman–Crippen LogP) is 4.08. The molecule has 0 spiro atoms. The normalized spacial score (nSPS) is 10.2. The molecule has 0 N–H and O–H groups in total. The van der Waals surface area contributed by atoms with Gasteiger partial charge in [0.1, 0.15) is 12.4 Å². The fourth-order valence-electron chi connectivity index (χ4n) is 1.51. The van der Waals surface area contributed by atoms with Crippen LogP contribution in [0.25, 0.3) is 0 Å². The second-order valence-corrected chi connectivity index (χ2v) is 4.67. The molecule has 6 heteroatoms. The molecule has 0 aliphatic heterocycles. The zero-order chi connectivity index (χ0) is 13.8. The van der Waals surface area contributed by atoms with Crippen LogP contribution in [0, 0.1) is 15.9 Å². The Kier molecular flexibility index (Phi) is 4.11. The van der Waals surface area contributed by atoms with Gasteiger partial charge in [-0.25, -0.2) is 0 Å². The predicted molar refractivity (Wildman–Crippen MR) is 71.5 cm³/mol. The van der Waals surface area contributed by atoms with Crippen LogP contribution in [0.4, 0.5) is 10.1 Å². The zero-order valence-corrected chi connectivity index (χ0v) is 11.3. The van der Waals surface area contributed by atoms with Gasteiger partial charge in [-0.3, -0.25) is 10.1 Å². The van der Waals surface area contributed by atoms with Gasteiger partial charge in [0.15, 0.2) is 0 Å². The Morgan fingerprint density at radius 1 is 1.21 bits per heavy atom. The van der Waals surface area contributed by atoms with Crippen LogP contribution in [0.2, 0.25) is 0 Å². The van der Waals surface area contributed by atoms with E-state index in [1.807, 2.05) is 0 Å². The average Bonchev–Trinajstić information content (AvgIpc) is 2.39. The van der Waals surface area contributed by atoms with E-state index in [2.05, 4.69) is 15.9 Å². The van der Waals surface area contributed by atoms with Crippen molar-refractivity contribution >= 4 is 21.6 Å². The number of nitro benzene ring substituents is 1. The molecular formula is C13H9BrFNO3. The Labute approximate surface area is 117 Å². The van der Waals surface area contributed by atoms with Gasteiger partial charge in [0.25, 0.3) is 0 Å². The van der Waals surface area contributed by atoms with Crippen molar-refractivity contribution in [1.29, 1.82) is 0 Å². The summed E-state index contributed by atoms with van der Waals surface area (Å²) in [6.45, 7) is -0.0604. The summed E-state index contributed by atoms with van der Waals surface area (Å²) < 4.78 is 20.0. The lowest BCUT2D eigenvalue weighted by molar-refractivity contribution is -0.387. The van der Waals surface area contributed by atoms with Gasteiger partial charge in [-0.2, -0.15) is 4.39 Å². The van der Waals surface area contributed by atoms with Crippen molar-refractivity contribution in [1.82, 2.24) is 0 Å². The van der Waals surface area contributed by atoms with Crippen molar-refractivity contribution in [2.75, 3.05) is 0 Å². The number of nitro groups is 1. The first-order chi connectivity index (χ1) is 9.08. The second kappa shape index (κ2) is 5.79. The van der Waals surface area contributed by atoms with Crippen LogP contribution in [0.1, 0.15) is 5.56 Å². The molecule has 0 saturated heterocycles. The third-order valence-corrected chi connectivity index (χ3v) is 2.99. The van der Waals surface area contributed by atoms with Crippen molar-refractivity contribution in [3.05, 3.63) is 68.4 Å². The van der Waals surface area contributed by atoms with Gasteiger partial charge < -0.3 is 4.74 Å². The second-order valence-electron chi connectivity index (χ2n) is 3.75. The summed E-state index contributed by atoms with van der Waals surface area (Å²) >= 11 is 3.29. The first kappa shape index (κ1) is 13.5. The number of ether oxygens (including phenoxy) is 1. The maximum absolute atomic E-state index is 13.8. The largest absolute Gasteiger partial charge is 0.489 e. The number of benzene rings is 2. The van der Waals surface area contributed by atoms with E-state index >= 15 is 0 Å². The number of halogens is 2. The fraction of sp³-hybridized carbons (Fsp3) is 0.0769.